The van der Waals surface area contributed by atoms with E-state index in [4.69, 9.17) is 23.7 Å². The molecule has 5 aliphatic heterocycles. The predicted molar refractivity (Wildman–Crippen MR) is 60.2 cm³/mol. The first-order valence-corrected chi connectivity index (χ1v) is 7.19. The molecule has 19 heavy (non-hydrogen) atoms. The highest BCUT2D eigenvalue weighted by molar-refractivity contribution is 5.23. The van der Waals surface area contributed by atoms with E-state index in [0.717, 1.165) is 25.7 Å². The molecule has 2 spiro atoms. The highest BCUT2D eigenvalue weighted by atomic mass is 16.9. The molecule has 0 radical (unpaired) electrons. The smallest absolute Gasteiger partial charge is 0.273 e. The molecule has 5 saturated heterocycles. The maximum absolute atomic E-state index is 10.6. The fourth-order valence-corrected chi connectivity index (χ4v) is 4.75. The van der Waals surface area contributed by atoms with Crippen LogP contribution in [0.15, 0.2) is 0 Å². The predicted octanol–water partition coefficient (Wildman–Crippen LogP) is -0.0743. The molecule has 1 N–H and O–H groups in total. The van der Waals surface area contributed by atoms with Crippen LogP contribution in [0.25, 0.3) is 0 Å². The third-order valence-electron chi connectivity index (χ3n) is 5.40. The second-order valence-corrected chi connectivity index (χ2v) is 6.22. The van der Waals surface area contributed by atoms with Crippen LogP contribution < -0.4 is 0 Å². The second-order valence-electron chi connectivity index (χ2n) is 6.22. The average molecular weight is 270 g/mol. The van der Waals surface area contributed by atoms with Crippen LogP contribution >= 0.6 is 0 Å². The third kappa shape index (κ3) is 1.16. The average Bonchev–Trinajstić information content (AvgIpc) is 3.06. The summed E-state index contributed by atoms with van der Waals surface area (Å²) in [6, 6.07) is 0. The Morgan fingerprint density at radius 1 is 0.842 bits per heavy atom. The zero-order chi connectivity index (χ0) is 12.7. The lowest BCUT2D eigenvalue weighted by Crippen LogP contribution is -2.84. The molecule has 106 valence electrons. The van der Waals surface area contributed by atoms with Crippen molar-refractivity contribution < 1.29 is 28.8 Å². The van der Waals surface area contributed by atoms with E-state index in [1.54, 1.807) is 0 Å². The summed E-state index contributed by atoms with van der Waals surface area (Å²) in [5.41, 5.74) is -1.11. The van der Waals surface area contributed by atoms with Crippen molar-refractivity contribution in [3.05, 3.63) is 0 Å². The van der Waals surface area contributed by atoms with Gasteiger partial charge in [0, 0.05) is 13.2 Å². The van der Waals surface area contributed by atoms with Gasteiger partial charge in [-0.1, -0.05) is 0 Å². The fourth-order valence-electron chi connectivity index (χ4n) is 4.75. The Bertz CT molecular complexity index is 366. The Morgan fingerprint density at radius 2 is 1.42 bits per heavy atom. The van der Waals surface area contributed by atoms with Crippen LogP contribution in [0.3, 0.4) is 0 Å². The summed E-state index contributed by atoms with van der Waals surface area (Å²) in [5.74, 6) is 0. The van der Waals surface area contributed by atoms with E-state index in [2.05, 4.69) is 0 Å². The van der Waals surface area contributed by atoms with E-state index >= 15 is 0 Å². The normalized spacial score (nSPS) is 62.7. The Balaban J connectivity index is 1.66. The first kappa shape index (κ1) is 11.4. The lowest BCUT2D eigenvalue weighted by Gasteiger charge is -2.65. The molecule has 0 aromatic carbocycles. The Kier molecular flexibility index (Phi) is 2.10. The number of rotatable bonds is 0. The standard InChI is InChI=1S/C13H18O6/c14-7-8-12(3-1-5-15-12)10-13(4-2-6-16-13)9(7)18-11(17-8)19-10/h7-11,14H,1-6H2. The maximum atomic E-state index is 10.6. The zero-order valence-electron chi connectivity index (χ0n) is 10.6. The van der Waals surface area contributed by atoms with E-state index in [9.17, 15) is 5.11 Å². The van der Waals surface area contributed by atoms with Gasteiger partial charge in [-0.3, -0.25) is 0 Å². The van der Waals surface area contributed by atoms with Crippen molar-refractivity contribution in [2.24, 2.45) is 0 Å². The summed E-state index contributed by atoms with van der Waals surface area (Å²) < 4.78 is 29.4. The molecule has 0 amide bonds. The monoisotopic (exact) mass is 270 g/mol. The summed E-state index contributed by atoms with van der Waals surface area (Å²) in [6.45, 7) is 0.713. The van der Waals surface area contributed by atoms with Crippen molar-refractivity contribution in [2.75, 3.05) is 13.2 Å². The molecule has 6 heteroatoms. The SMILES string of the molecule is OC1C2OC3OC1C1(CCCO1)C(O3)C21CCCO1. The summed E-state index contributed by atoms with van der Waals surface area (Å²) >= 11 is 0. The fraction of sp³-hybridized carbons (Fsp3) is 1.00. The Morgan fingerprint density at radius 3 is 1.89 bits per heavy atom. The van der Waals surface area contributed by atoms with Crippen LogP contribution in [0, 0.1) is 0 Å². The molecule has 6 fully saturated rings. The Labute approximate surface area is 110 Å². The number of hydrogen-bond acceptors (Lipinski definition) is 6. The van der Waals surface area contributed by atoms with Gasteiger partial charge < -0.3 is 28.8 Å². The molecule has 1 aliphatic carbocycles. The molecule has 6 rings (SSSR count). The summed E-state index contributed by atoms with van der Waals surface area (Å²) in [4.78, 5) is 0. The minimum Gasteiger partial charge on any atom is -0.387 e. The number of ether oxygens (including phenoxy) is 5. The molecule has 5 heterocycles. The minimum absolute atomic E-state index is 0.184. The highest BCUT2D eigenvalue weighted by Gasteiger charge is 2.76. The van der Waals surface area contributed by atoms with Crippen molar-refractivity contribution in [1.29, 1.82) is 0 Å². The van der Waals surface area contributed by atoms with Gasteiger partial charge in [-0.2, -0.15) is 0 Å². The molecule has 4 unspecified atom stereocenters. The molecular formula is C13H18O6. The van der Waals surface area contributed by atoms with E-state index < -0.39 is 23.8 Å². The number of hydrogen-bond donors (Lipinski definition) is 1. The molecule has 4 atom stereocenters. The van der Waals surface area contributed by atoms with Gasteiger partial charge in [0.2, 0.25) is 0 Å². The van der Waals surface area contributed by atoms with Gasteiger partial charge in [0.1, 0.15) is 35.6 Å². The molecule has 6 aliphatic rings. The second kappa shape index (κ2) is 3.50. The van der Waals surface area contributed by atoms with Gasteiger partial charge in [-0.25, -0.2) is 0 Å². The van der Waals surface area contributed by atoms with E-state index in [-0.39, 0.29) is 18.3 Å². The van der Waals surface area contributed by atoms with Crippen LogP contribution in [0.2, 0.25) is 0 Å². The van der Waals surface area contributed by atoms with Gasteiger partial charge in [-0.15, -0.1) is 0 Å². The molecular weight excluding hydrogens is 252 g/mol. The molecule has 0 aromatic rings. The van der Waals surface area contributed by atoms with Crippen molar-refractivity contribution in [2.45, 2.75) is 67.8 Å². The van der Waals surface area contributed by atoms with E-state index in [0.29, 0.717) is 13.2 Å². The zero-order valence-corrected chi connectivity index (χ0v) is 10.6. The van der Waals surface area contributed by atoms with E-state index in [1.165, 1.54) is 0 Å². The van der Waals surface area contributed by atoms with Gasteiger partial charge >= 0.3 is 0 Å². The van der Waals surface area contributed by atoms with Gasteiger partial charge in [-0.05, 0) is 25.7 Å². The van der Waals surface area contributed by atoms with Crippen LogP contribution in [0.1, 0.15) is 25.7 Å². The van der Waals surface area contributed by atoms with Crippen LogP contribution in [0.5, 0.6) is 0 Å². The Hall–Kier alpha value is -0.240. The number of aliphatic hydroxyl groups is 1. The third-order valence-corrected chi connectivity index (χ3v) is 5.40. The summed E-state index contributed by atoms with van der Waals surface area (Å²) in [7, 11) is 0. The minimum atomic E-state index is -0.701. The summed E-state index contributed by atoms with van der Waals surface area (Å²) in [6.07, 6.45) is 2.05. The molecule has 6 nitrogen and oxygen atoms in total. The topological polar surface area (TPSA) is 66.4 Å². The largest absolute Gasteiger partial charge is 0.387 e. The first-order chi connectivity index (χ1) is 9.26. The molecule has 4 bridgehead atoms. The van der Waals surface area contributed by atoms with Gasteiger partial charge in [0.15, 0.2) is 0 Å². The van der Waals surface area contributed by atoms with Gasteiger partial charge in [0.05, 0.1) is 0 Å². The van der Waals surface area contributed by atoms with Crippen LogP contribution in [-0.4, -0.2) is 60.4 Å². The lowest BCUT2D eigenvalue weighted by molar-refractivity contribution is -0.517. The molecule has 0 aromatic heterocycles. The lowest BCUT2D eigenvalue weighted by atomic mass is 9.64. The van der Waals surface area contributed by atoms with E-state index in [1.807, 2.05) is 0 Å². The van der Waals surface area contributed by atoms with Crippen molar-refractivity contribution in [3.8, 4) is 0 Å². The van der Waals surface area contributed by atoms with Crippen LogP contribution in [-0.2, 0) is 23.7 Å². The number of aliphatic hydroxyl groups excluding tert-OH is 1. The molecule has 1 saturated carbocycles. The van der Waals surface area contributed by atoms with Crippen LogP contribution in [0.4, 0.5) is 0 Å². The van der Waals surface area contributed by atoms with Crippen molar-refractivity contribution in [1.82, 2.24) is 0 Å². The first-order valence-electron chi connectivity index (χ1n) is 7.19. The maximum Gasteiger partial charge on any atom is 0.273 e. The summed E-state index contributed by atoms with van der Waals surface area (Å²) in [5, 5.41) is 10.6. The highest BCUT2D eigenvalue weighted by Crippen LogP contribution is 2.58. The van der Waals surface area contributed by atoms with Gasteiger partial charge in [0.25, 0.3) is 6.48 Å². The quantitative estimate of drug-likeness (QED) is 0.664. The van der Waals surface area contributed by atoms with Crippen molar-refractivity contribution in [3.63, 3.8) is 0 Å². The van der Waals surface area contributed by atoms with Crippen molar-refractivity contribution >= 4 is 0 Å².